The van der Waals surface area contributed by atoms with Gasteiger partial charge in [-0.25, -0.2) is 9.38 Å². The molecule has 0 atom stereocenters. The molecule has 2 N–H and O–H groups in total. The standard InChI is InChI=1S/C20H22ClFIN3O/c1-27-19-12-14(4-11-18(19)22)13-2-7-16(8-3-13)24-20(26-23)25-17-9-5-15(21)6-10-17/h4-6,9-13,16H,2-3,7-8H2,1H3,(H2,24,25,26). The van der Waals surface area contributed by atoms with E-state index in [1.54, 1.807) is 0 Å². The van der Waals surface area contributed by atoms with Crippen LogP contribution in [0.3, 0.4) is 0 Å². The van der Waals surface area contributed by atoms with Gasteiger partial charge in [0.1, 0.15) is 0 Å². The SMILES string of the molecule is COc1cc(C2CCC(N=C(NI)Nc3ccc(Cl)cc3)CC2)ccc1F. The molecule has 7 heteroatoms. The van der Waals surface area contributed by atoms with Crippen LogP contribution in [0.2, 0.25) is 5.02 Å². The maximum atomic E-state index is 13.6. The zero-order valence-corrected chi connectivity index (χ0v) is 17.9. The summed E-state index contributed by atoms with van der Waals surface area (Å²) in [6, 6.07) is 13.0. The highest BCUT2D eigenvalue weighted by Crippen LogP contribution is 2.36. The number of anilines is 1. The quantitative estimate of drug-likeness (QED) is 0.237. The largest absolute Gasteiger partial charge is 0.494 e. The zero-order chi connectivity index (χ0) is 19.2. The molecule has 0 aromatic heterocycles. The summed E-state index contributed by atoms with van der Waals surface area (Å²) < 4.78 is 21.8. The Labute approximate surface area is 178 Å². The number of nitrogens with one attached hydrogen (secondary N) is 2. The van der Waals surface area contributed by atoms with Crippen LogP contribution in [0, 0.1) is 5.82 Å². The second-order valence-corrected chi connectivity index (χ2v) is 7.58. The van der Waals surface area contributed by atoms with Gasteiger partial charge in [0.05, 0.1) is 36.0 Å². The molecule has 0 amide bonds. The number of guanidine groups is 1. The minimum Gasteiger partial charge on any atom is -0.494 e. The Morgan fingerprint density at radius 2 is 1.85 bits per heavy atom. The number of aliphatic imine (C=N–C) groups is 1. The zero-order valence-electron chi connectivity index (χ0n) is 15.0. The van der Waals surface area contributed by atoms with Crippen LogP contribution in [-0.4, -0.2) is 19.1 Å². The summed E-state index contributed by atoms with van der Waals surface area (Å²) in [6.45, 7) is 0. The van der Waals surface area contributed by atoms with Crippen molar-refractivity contribution in [3.8, 4) is 5.75 Å². The molecule has 3 rings (SSSR count). The lowest BCUT2D eigenvalue weighted by Gasteiger charge is -2.27. The van der Waals surface area contributed by atoms with Crippen molar-refractivity contribution in [3.63, 3.8) is 0 Å². The van der Waals surface area contributed by atoms with Crippen LogP contribution in [0.15, 0.2) is 47.5 Å². The number of hydrogen-bond donors (Lipinski definition) is 2. The van der Waals surface area contributed by atoms with E-state index in [1.165, 1.54) is 13.2 Å². The Balaban J connectivity index is 1.60. The van der Waals surface area contributed by atoms with Crippen molar-refractivity contribution in [2.75, 3.05) is 12.4 Å². The summed E-state index contributed by atoms with van der Waals surface area (Å²) in [5, 5.41) is 3.99. The van der Waals surface area contributed by atoms with E-state index in [0.29, 0.717) is 16.7 Å². The summed E-state index contributed by atoms with van der Waals surface area (Å²) in [5.74, 6) is 1.16. The normalized spacial score (nSPS) is 20.2. The number of ether oxygens (including phenoxy) is 1. The van der Waals surface area contributed by atoms with Gasteiger partial charge in [0, 0.05) is 10.7 Å². The van der Waals surface area contributed by atoms with Crippen LogP contribution in [0.1, 0.15) is 37.2 Å². The van der Waals surface area contributed by atoms with Crippen molar-refractivity contribution in [1.82, 2.24) is 3.53 Å². The van der Waals surface area contributed by atoms with Gasteiger partial charge in [-0.2, -0.15) is 0 Å². The summed E-state index contributed by atoms with van der Waals surface area (Å²) in [5.41, 5.74) is 2.08. The molecule has 0 heterocycles. The average molecular weight is 502 g/mol. The van der Waals surface area contributed by atoms with Crippen molar-refractivity contribution in [1.29, 1.82) is 0 Å². The third kappa shape index (κ3) is 5.48. The van der Waals surface area contributed by atoms with Crippen LogP contribution >= 0.6 is 34.5 Å². The first kappa shape index (κ1) is 20.2. The molecule has 1 aliphatic rings. The maximum Gasteiger partial charge on any atom is 0.204 e. The molecule has 0 bridgehead atoms. The van der Waals surface area contributed by atoms with Crippen molar-refractivity contribution in [2.24, 2.45) is 4.99 Å². The lowest BCUT2D eigenvalue weighted by atomic mass is 9.82. The van der Waals surface area contributed by atoms with Crippen molar-refractivity contribution < 1.29 is 9.13 Å². The van der Waals surface area contributed by atoms with E-state index in [-0.39, 0.29) is 11.9 Å². The Morgan fingerprint density at radius 1 is 1.15 bits per heavy atom. The molecule has 0 saturated heterocycles. The molecule has 2 aromatic rings. The Morgan fingerprint density at radius 3 is 2.48 bits per heavy atom. The highest BCUT2D eigenvalue weighted by atomic mass is 127. The summed E-state index contributed by atoms with van der Waals surface area (Å²) >= 11 is 8.01. The van der Waals surface area contributed by atoms with E-state index in [0.717, 1.165) is 42.9 Å². The van der Waals surface area contributed by atoms with Crippen molar-refractivity contribution >= 4 is 46.1 Å². The molecule has 0 aliphatic heterocycles. The van der Waals surface area contributed by atoms with Crippen molar-refractivity contribution in [2.45, 2.75) is 37.6 Å². The van der Waals surface area contributed by atoms with Gasteiger partial charge in [0.15, 0.2) is 11.6 Å². The van der Waals surface area contributed by atoms with Crippen LogP contribution in [0.25, 0.3) is 0 Å². The minimum atomic E-state index is -0.314. The predicted molar refractivity (Wildman–Crippen MR) is 118 cm³/mol. The average Bonchev–Trinajstić information content (AvgIpc) is 2.70. The maximum absolute atomic E-state index is 13.6. The number of nitrogens with zero attached hydrogens (tertiary/aromatic N) is 1. The van der Waals surface area contributed by atoms with E-state index in [1.807, 2.05) is 36.4 Å². The molecule has 0 radical (unpaired) electrons. The van der Waals surface area contributed by atoms with E-state index in [4.69, 9.17) is 21.3 Å². The third-order valence-electron chi connectivity index (χ3n) is 4.85. The lowest BCUT2D eigenvalue weighted by molar-refractivity contribution is 0.378. The lowest BCUT2D eigenvalue weighted by Crippen LogP contribution is -2.27. The molecule has 0 unspecified atom stereocenters. The van der Waals surface area contributed by atoms with E-state index >= 15 is 0 Å². The van der Waals surface area contributed by atoms with Crippen LogP contribution in [0.5, 0.6) is 5.75 Å². The molecule has 2 aromatic carbocycles. The van der Waals surface area contributed by atoms with Gasteiger partial charge < -0.3 is 10.1 Å². The Bertz CT molecular complexity index is 792. The smallest absolute Gasteiger partial charge is 0.204 e. The first-order valence-electron chi connectivity index (χ1n) is 8.89. The number of halogens is 3. The summed E-state index contributed by atoms with van der Waals surface area (Å²) in [6.07, 6.45) is 4.04. The molecular weight excluding hydrogens is 480 g/mol. The molecular formula is C20H22ClFIN3O. The van der Waals surface area contributed by atoms with Gasteiger partial charge in [0.25, 0.3) is 0 Å². The van der Waals surface area contributed by atoms with E-state index < -0.39 is 0 Å². The monoisotopic (exact) mass is 501 g/mol. The van der Waals surface area contributed by atoms with Crippen LogP contribution < -0.4 is 13.6 Å². The second kappa shape index (κ2) is 9.59. The fourth-order valence-corrected chi connectivity index (χ4v) is 3.80. The first-order valence-corrected chi connectivity index (χ1v) is 10.3. The topological polar surface area (TPSA) is 45.6 Å². The van der Waals surface area contributed by atoms with Crippen LogP contribution in [-0.2, 0) is 0 Å². The Kier molecular flexibility index (Phi) is 7.18. The van der Waals surface area contributed by atoms with E-state index in [9.17, 15) is 4.39 Å². The van der Waals surface area contributed by atoms with Gasteiger partial charge in [-0.15, -0.1) is 0 Å². The van der Waals surface area contributed by atoms with Gasteiger partial charge in [0.2, 0.25) is 5.96 Å². The molecule has 1 saturated carbocycles. The second-order valence-electron chi connectivity index (χ2n) is 6.60. The first-order chi connectivity index (χ1) is 13.1. The number of methoxy groups -OCH3 is 1. The molecule has 144 valence electrons. The Hall–Kier alpha value is -1.54. The number of benzene rings is 2. The predicted octanol–water partition coefficient (Wildman–Crippen LogP) is 5.92. The summed E-state index contributed by atoms with van der Waals surface area (Å²) in [7, 11) is 1.50. The van der Waals surface area contributed by atoms with E-state index in [2.05, 4.69) is 31.7 Å². The number of rotatable bonds is 4. The molecule has 27 heavy (non-hydrogen) atoms. The fourth-order valence-electron chi connectivity index (χ4n) is 3.40. The molecule has 1 fully saturated rings. The van der Waals surface area contributed by atoms with Gasteiger partial charge >= 0.3 is 0 Å². The number of hydrogen-bond acceptors (Lipinski definition) is 2. The fraction of sp³-hybridized carbons (Fsp3) is 0.350. The summed E-state index contributed by atoms with van der Waals surface area (Å²) in [4.78, 5) is 4.82. The molecule has 1 aliphatic carbocycles. The van der Waals surface area contributed by atoms with Crippen molar-refractivity contribution in [3.05, 3.63) is 58.9 Å². The molecule has 0 spiro atoms. The highest BCUT2D eigenvalue weighted by Gasteiger charge is 2.23. The van der Waals surface area contributed by atoms with Gasteiger partial charge in [-0.05, 0) is 73.6 Å². The van der Waals surface area contributed by atoms with Gasteiger partial charge in [-0.1, -0.05) is 17.7 Å². The van der Waals surface area contributed by atoms with Crippen LogP contribution in [0.4, 0.5) is 10.1 Å². The van der Waals surface area contributed by atoms with Gasteiger partial charge in [-0.3, -0.25) is 3.53 Å². The molecule has 4 nitrogen and oxygen atoms in total. The third-order valence-corrected chi connectivity index (χ3v) is 5.61. The highest BCUT2D eigenvalue weighted by molar-refractivity contribution is 14.1. The minimum absolute atomic E-state index is 0.265.